The molecular weight excluding hydrogens is 163 g/mol. The number of alkyl halides is 1. The zero-order chi connectivity index (χ0) is 8.04. The third-order valence-corrected chi connectivity index (χ3v) is 1.55. The second-order valence-electron chi connectivity index (χ2n) is 1.63. The van der Waals surface area contributed by atoms with Crippen molar-refractivity contribution in [3.63, 3.8) is 0 Å². The summed E-state index contributed by atoms with van der Waals surface area (Å²) in [4.78, 5) is 0. The first-order valence-corrected chi connectivity index (χ1v) is 4.21. The molecule has 0 bridgehead atoms. The largest absolute Gasteiger partial charge is 0.748 e. The van der Waals surface area contributed by atoms with Crippen LogP contribution in [0.1, 0.15) is 6.42 Å². The van der Waals surface area contributed by atoms with Gasteiger partial charge in [-0.1, -0.05) is 0 Å². The van der Waals surface area contributed by atoms with Gasteiger partial charge in [-0.05, 0) is 6.42 Å². The summed E-state index contributed by atoms with van der Waals surface area (Å²) in [6.07, 6.45) is 0.0513. The normalized spacial score (nSPS) is 11.8. The van der Waals surface area contributed by atoms with Gasteiger partial charge in [0.15, 0.2) is 6.86 Å². The quantitative estimate of drug-likeness (QED) is 0.426. The molecule has 0 aliphatic rings. The van der Waals surface area contributed by atoms with Gasteiger partial charge in [0.1, 0.15) is 0 Å². The predicted octanol–water partition coefficient (Wildman–Crippen LogP) is -0.135. The SMILES string of the molecule is O=S(=O)([O-])CCCOCF. The third-order valence-electron chi connectivity index (χ3n) is 0.760. The molecule has 0 N–H and O–H groups in total. The molecule has 0 aromatic rings. The van der Waals surface area contributed by atoms with Crippen molar-refractivity contribution < 1.29 is 22.1 Å². The summed E-state index contributed by atoms with van der Waals surface area (Å²) in [7, 11) is -4.16. The maximum atomic E-state index is 11.2. The molecular formula is C4H8FO4S-. The maximum absolute atomic E-state index is 11.2. The highest BCUT2D eigenvalue weighted by molar-refractivity contribution is 7.85. The van der Waals surface area contributed by atoms with Crippen LogP contribution in [-0.4, -0.2) is 32.2 Å². The van der Waals surface area contributed by atoms with Gasteiger partial charge in [-0.15, -0.1) is 0 Å². The van der Waals surface area contributed by atoms with E-state index < -0.39 is 22.7 Å². The van der Waals surface area contributed by atoms with Crippen molar-refractivity contribution in [3.05, 3.63) is 0 Å². The monoisotopic (exact) mass is 171 g/mol. The molecule has 62 valence electrons. The summed E-state index contributed by atoms with van der Waals surface area (Å²) >= 11 is 0. The van der Waals surface area contributed by atoms with Gasteiger partial charge >= 0.3 is 0 Å². The van der Waals surface area contributed by atoms with Crippen molar-refractivity contribution in [3.8, 4) is 0 Å². The number of hydrogen-bond donors (Lipinski definition) is 0. The Balaban J connectivity index is 3.21. The topological polar surface area (TPSA) is 66.4 Å². The summed E-state index contributed by atoms with van der Waals surface area (Å²) in [6, 6.07) is 0. The summed E-state index contributed by atoms with van der Waals surface area (Å²) in [5, 5.41) is 0. The highest BCUT2D eigenvalue weighted by Gasteiger charge is 1.94. The first kappa shape index (κ1) is 9.80. The van der Waals surface area contributed by atoms with Crippen LogP contribution in [0, 0.1) is 0 Å². The van der Waals surface area contributed by atoms with Crippen LogP contribution in [0.4, 0.5) is 4.39 Å². The zero-order valence-corrected chi connectivity index (χ0v) is 6.06. The Kier molecular flexibility index (Phi) is 4.50. The van der Waals surface area contributed by atoms with Crippen molar-refractivity contribution in [2.75, 3.05) is 19.2 Å². The summed E-state index contributed by atoms with van der Waals surface area (Å²) in [6.45, 7) is -0.975. The molecule has 10 heavy (non-hydrogen) atoms. The minimum absolute atomic E-state index is 0.0298. The molecule has 0 aromatic heterocycles. The minimum atomic E-state index is -4.16. The predicted molar refractivity (Wildman–Crippen MR) is 31.1 cm³/mol. The molecule has 0 unspecified atom stereocenters. The Bertz CT molecular complexity index is 164. The first-order chi connectivity index (χ1) is 4.56. The molecule has 0 aliphatic heterocycles. The molecule has 0 spiro atoms. The van der Waals surface area contributed by atoms with E-state index in [0.717, 1.165) is 0 Å². The van der Waals surface area contributed by atoms with Gasteiger partial charge in [-0.3, -0.25) is 0 Å². The molecule has 0 fully saturated rings. The molecule has 0 saturated heterocycles. The molecule has 0 aromatic carbocycles. The second-order valence-corrected chi connectivity index (χ2v) is 3.16. The van der Waals surface area contributed by atoms with Crippen molar-refractivity contribution in [1.82, 2.24) is 0 Å². The Morgan fingerprint density at radius 2 is 2.10 bits per heavy atom. The van der Waals surface area contributed by atoms with Crippen LogP contribution in [0.15, 0.2) is 0 Å². The second kappa shape index (κ2) is 4.59. The van der Waals surface area contributed by atoms with Gasteiger partial charge in [0.2, 0.25) is 0 Å². The zero-order valence-electron chi connectivity index (χ0n) is 5.25. The first-order valence-electron chi connectivity index (χ1n) is 2.63. The van der Waals surface area contributed by atoms with E-state index in [1.807, 2.05) is 0 Å². The van der Waals surface area contributed by atoms with Gasteiger partial charge in [0, 0.05) is 5.75 Å². The molecule has 0 aliphatic carbocycles. The van der Waals surface area contributed by atoms with Gasteiger partial charge in [-0.25, -0.2) is 12.8 Å². The fraction of sp³-hybridized carbons (Fsp3) is 1.00. The van der Waals surface area contributed by atoms with Gasteiger partial charge < -0.3 is 9.29 Å². The molecule has 0 rings (SSSR count). The van der Waals surface area contributed by atoms with Crippen molar-refractivity contribution in [1.29, 1.82) is 0 Å². The van der Waals surface area contributed by atoms with E-state index in [-0.39, 0.29) is 13.0 Å². The smallest absolute Gasteiger partial charge is 0.188 e. The summed E-state index contributed by atoms with van der Waals surface area (Å²) < 4.78 is 45.0. The summed E-state index contributed by atoms with van der Waals surface area (Å²) in [5.74, 6) is -0.493. The average Bonchev–Trinajstić information content (AvgIpc) is 1.78. The molecule has 4 nitrogen and oxygen atoms in total. The minimum Gasteiger partial charge on any atom is -0.748 e. The highest BCUT2D eigenvalue weighted by Crippen LogP contribution is 1.88. The highest BCUT2D eigenvalue weighted by atomic mass is 32.2. The van der Waals surface area contributed by atoms with Gasteiger partial charge in [0.05, 0.1) is 16.7 Å². The van der Waals surface area contributed by atoms with E-state index in [4.69, 9.17) is 0 Å². The van der Waals surface area contributed by atoms with Gasteiger partial charge in [0.25, 0.3) is 0 Å². The fourth-order valence-electron chi connectivity index (χ4n) is 0.392. The van der Waals surface area contributed by atoms with Crippen molar-refractivity contribution in [2.24, 2.45) is 0 Å². The van der Waals surface area contributed by atoms with Crippen LogP contribution in [0.3, 0.4) is 0 Å². The van der Waals surface area contributed by atoms with E-state index in [0.29, 0.717) is 0 Å². The molecule has 0 atom stereocenters. The summed E-state index contributed by atoms with van der Waals surface area (Å²) in [5.41, 5.74) is 0. The van der Waals surface area contributed by atoms with E-state index in [1.54, 1.807) is 0 Å². The van der Waals surface area contributed by atoms with Crippen LogP contribution in [0.5, 0.6) is 0 Å². The van der Waals surface area contributed by atoms with E-state index >= 15 is 0 Å². The number of hydrogen-bond acceptors (Lipinski definition) is 4. The fourth-order valence-corrected chi connectivity index (χ4v) is 0.864. The van der Waals surface area contributed by atoms with E-state index in [9.17, 15) is 17.4 Å². The van der Waals surface area contributed by atoms with Gasteiger partial charge in [-0.2, -0.15) is 0 Å². The maximum Gasteiger partial charge on any atom is 0.188 e. The molecule has 6 heteroatoms. The third kappa shape index (κ3) is 7.80. The lowest BCUT2D eigenvalue weighted by Gasteiger charge is -2.04. The Morgan fingerprint density at radius 3 is 2.50 bits per heavy atom. The molecule has 0 amide bonds. The Hall–Kier alpha value is -0.200. The van der Waals surface area contributed by atoms with Crippen LogP contribution < -0.4 is 0 Å². The Labute approximate surface area is 58.7 Å². The number of rotatable bonds is 5. The van der Waals surface area contributed by atoms with Crippen LogP contribution in [0.2, 0.25) is 0 Å². The molecule has 0 saturated carbocycles. The number of halogens is 1. The average molecular weight is 171 g/mol. The molecule has 0 radical (unpaired) electrons. The lowest BCUT2D eigenvalue weighted by Crippen LogP contribution is -2.07. The van der Waals surface area contributed by atoms with Crippen molar-refractivity contribution >= 4 is 10.1 Å². The lowest BCUT2D eigenvalue weighted by molar-refractivity contribution is 0.0585. The van der Waals surface area contributed by atoms with E-state index in [1.165, 1.54) is 0 Å². The number of ether oxygens (including phenoxy) is 1. The molecule has 0 heterocycles. The van der Waals surface area contributed by atoms with Crippen LogP contribution >= 0.6 is 0 Å². The standard InChI is InChI=1S/C4H9FO4S/c5-4-9-2-1-3-10(6,7)8/h1-4H2,(H,6,7,8)/p-1. The Morgan fingerprint density at radius 1 is 1.50 bits per heavy atom. The van der Waals surface area contributed by atoms with Crippen molar-refractivity contribution in [2.45, 2.75) is 6.42 Å². The van der Waals surface area contributed by atoms with Crippen LogP contribution in [-0.2, 0) is 14.9 Å². The van der Waals surface area contributed by atoms with E-state index in [2.05, 4.69) is 4.74 Å². The lowest BCUT2D eigenvalue weighted by atomic mass is 10.5. The van der Waals surface area contributed by atoms with Crippen LogP contribution in [0.25, 0.3) is 0 Å².